The van der Waals surface area contributed by atoms with E-state index in [1.54, 1.807) is 0 Å². The third-order valence-electron chi connectivity index (χ3n) is 2.73. The molecule has 0 radical (unpaired) electrons. The van der Waals surface area contributed by atoms with Crippen molar-refractivity contribution in [1.82, 2.24) is 10.3 Å². The Kier molecular flexibility index (Phi) is 4.91. The van der Waals surface area contributed by atoms with Crippen LogP contribution in [0.1, 0.15) is 21.5 Å². The van der Waals surface area contributed by atoms with E-state index in [9.17, 15) is 9.90 Å². The average Bonchev–Trinajstić information content (AvgIpc) is 2.51. The summed E-state index contributed by atoms with van der Waals surface area (Å²) < 4.78 is 0. The first-order valence-electron chi connectivity index (χ1n) is 6.39. The second kappa shape index (κ2) is 7.08. The van der Waals surface area contributed by atoms with Gasteiger partial charge in [0.05, 0.1) is 18.3 Å². The molecule has 2 aromatic rings. The van der Waals surface area contributed by atoms with E-state index in [-0.39, 0.29) is 11.7 Å². The number of nitrogens with two attached hydrogens (primary N) is 1. The first kappa shape index (κ1) is 14.6. The van der Waals surface area contributed by atoms with Gasteiger partial charge in [0.25, 0.3) is 5.91 Å². The van der Waals surface area contributed by atoms with Crippen LogP contribution in [0.5, 0.6) is 5.75 Å². The molecule has 106 valence electrons. The number of hydrogen-bond donors (Lipinski definition) is 3. The summed E-state index contributed by atoms with van der Waals surface area (Å²) in [5, 5.41) is 12.0. The highest BCUT2D eigenvalue weighted by Gasteiger charge is 2.06. The standard InChI is InChI=1S/C16H15N3O2/c17-7-1-2-12-3-5-13(6-4-12)9-19-16(21)14-8-15(20)11-18-10-14/h3-6,8,10-11,20H,7,9,17H2,(H,19,21). The zero-order chi connectivity index (χ0) is 15.1. The Bertz CT molecular complexity index is 685. The van der Waals surface area contributed by atoms with E-state index in [4.69, 9.17) is 5.73 Å². The van der Waals surface area contributed by atoms with Crippen LogP contribution in [0.2, 0.25) is 0 Å². The van der Waals surface area contributed by atoms with Gasteiger partial charge >= 0.3 is 0 Å². The van der Waals surface area contributed by atoms with Gasteiger partial charge < -0.3 is 16.2 Å². The fourth-order valence-electron chi connectivity index (χ4n) is 1.70. The van der Waals surface area contributed by atoms with Gasteiger partial charge in [-0.3, -0.25) is 9.78 Å². The minimum absolute atomic E-state index is 0.0366. The number of amides is 1. The molecule has 2 rings (SSSR count). The average molecular weight is 281 g/mol. The molecule has 1 heterocycles. The number of aromatic nitrogens is 1. The topological polar surface area (TPSA) is 88.2 Å². The van der Waals surface area contributed by atoms with Crippen molar-refractivity contribution in [3.63, 3.8) is 0 Å². The molecule has 1 aromatic heterocycles. The number of carbonyl (C=O) groups excluding carboxylic acids is 1. The van der Waals surface area contributed by atoms with Crippen LogP contribution in [0.4, 0.5) is 0 Å². The van der Waals surface area contributed by atoms with E-state index < -0.39 is 0 Å². The Morgan fingerprint density at radius 1 is 1.29 bits per heavy atom. The molecule has 0 saturated carbocycles. The van der Waals surface area contributed by atoms with Crippen molar-refractivity contribution < 1.29 is 9.90 Å². The summed E-state index contributed by atoms with van der Waals surface area (Å²) in [6, 6.07) is 8.90. The minimum Gasteiger partial charge on any atom is -0.506 e. The van der Waals surface area contributed by atoms with Gasteiger partial charge in [0.15, 0.2) is 0 Å². The molecule has 0 unspecified atom stereocenters. The number of hydrogen-bond acceptors (Lipinski definition) is 4. The van der Waals surface area contributed by atoms with Crippen LogP contribution in [-0.2, 0) is 6.54 Å². The molecule has 21 heavy (non-hydrogen) atoms. The number of aromatic hydroxyl groups is 1. The third-order valence-corrected chi connectivity index (χ3v) is 2.73. The molecular formula is C16H15N3O2. The van der Waals surface area contributed by atoms with E-state index >= 15 is 0 Å². The van der Waals surface area contributed by atoms with Gasteiger partial charge in [0.2, 0.25) is 0 Å². The van der Waals surface area contributed by atoms with Gasteiger partial charge in [0.1, 0.15) is 5.75 Å². The van der Waals surface area contributed by atoms with Gasteiger partial charge in [-0.25, -0.2) is 0 Å². The maximum Gasteiger partial charge on any atom is 0.253 e. The predicted molar refractivity (Wildman–Crippen MR) is 79.4 cm³/mol. The summed E-state index contributed by atoms with van der Waals surface area (Å²) in [5.41, 5.74) is 7.46. The van der Waals surface area contributed by atoms with Crippen LogP contribution in [0, 0.1) is 11.8 Å². The summed E-state index contributed by atoms with van der Waals surface area (Å²) in [6.45, 7) is 0.717. The van der Waals surface area contributed by atoms with Gasteiger partial charge in [-0.2, -0.15) is 0 Å². The predicted octanol–water partition coefficient (Wildman–Crippen LogP) is 1.03. The molecule has 5 heteroatoms. The number of nitrogens with one attached hydrogen (secondary N) is 1. The summed E-state index contributed by atoms with van der Waals surface area (Å²) in [5.74, 6) is 5.39. The zero-order valence-electron chi connectivity index (χ0n) is 11.3. The Balaban J connectivity index is 1.95. The summed E-state index contributed by atoms with van der Waals surface area (Å²) in [4.78, 5) is 15.6. The first-order chi connectivity index (χ1) is 10.2. The second-order valence-electron chi connectivity index (χ2n) is 4.32. The fraction of sp³-hybridized carbons (Fsp3) is 0.125. The van der Waals surface area contributed by atoms with Crippen molar-refractivity contribution in [1.29, 1.82) is 0 Å². The van der Waals surface area contributed by atoms with E-state index in [1.165, 1.54) is 18.5 Å². The monoisotopic (exact) mass is 281 g/mol. The van der Waals surface area contributed by atoms with Crippen molar-refractivity contribution in [3.8, 4) is 17.6 Å². The van der Waals surface area contributed by atoms with Crippen LogP contribution in [0.25, 0.3) is 0 Å². The molecule has 0 atom stereocenters. The van der Waals surface area contributed by atoms with Crippen LogP contribution in [0.3, 0.4) is 0 Å². The Morgan fingerprint density at radius 2 is 2.05 bits per heavy atom. The second-order valence-corrected chi connectivity index (χ2v) is 4.32. The molecule has 5 nitrogen and oxygen atoms in total. The lowest BCUT2D eigenvalue weighted by molar-refractivity contribution is 0.0950. The van der Waals surface area contributed by atoms with Gasteiger partial charge in [0, 0.05) is 18.3 Å². The Labute approximate surface area is 122 Å². The lowest BCUT2D eigenvalue weighted by Gasteiger charge is -2.05. The molecule has 0 fully saturated rings. The number of benzene rings is 1. The van der Waals surface area contributed by atoms with E-state index in [0.717, 1.165) is 11.1 Å². The van der Waals surface area contributed by atoms with Crippen LogP contribution in [0.15, 0.2) is 42.7 Å². The lowest BCUT2D eigenvalue weighted by Crippen LogP contribution is -2.22. The first-order valence-corrected chi connectivity index (χ1v) is 6.39. The van der Waals surface area contributed by atoms with Gasteiger partial charge in [-0.15, -0.1) is 0 Å². The Morgan fingerprint density at radius 3 is 2.71 bits per heavy atom. The van der Waals surface area contributed by atoms with Crippen LogP contribution < -0.4 is 11.1 Å². The smallest absolute Gasteiger partial charge is 0.253 e. The molecule has 0 bridgehead atoms. The zero-order valence-corrected chi connectivity index (χ0v) is 11.3. The van der Waals surface area contributed by atoms with Crippen molar-refractivity contribution in [2.24, 2.45) is 5.73 Å². The molecular weight excluding hydrogens is 266 g/mol. The molecule has 4 N–H and O–H groups in total. The molecule has 0 saturated heterocycles. The maximum atomic E-state index is 11.9. The van der Waals surface area contributed by atoms with E-state index in [1.807, 2.05) is 24.3 Å². The highest BCUT2D eigenvalue weighted by Crippen LogP contribution is 2.09. The van der Waals surface area contributed by atoms with Crippen molar-refractivity contribution in [2.75, 3.05) is 6.54 Å². The number of nitrogens with zero attached hydrogens (tertiary/aromatic N) is 1. The molecule has 0 spiro atoms. The SMILES string of the molecule is NCC#Cc1ccc(CNC(=O)c2cncc(O)c2)cc1. The fourth-order valence-corrected chi connectivity index (χ4v) is 1.70. The van der Waals surface area contributed by atoms with Crippen molar-refractivity contribution >= 4 is 5.91 Å². The molecule has 1 aromatic carbocycles. The number of rotatable bonds is 3. The molecule has 0 aliphatic heterocycles. The summed E-state index contributed by atoms with van der Waals surface area (Å²) in [6.07, 6.45) is 2.68. The largest absolute Gasteiger partial charge is 0.506 e. The molecule has 1 amide bonds. The van der Waals surface area contributed by atoms with Crippen molar-refractivity contribution in [3.05, 3.63) is 59.4 Å². The highest BCUT2D eigenvalue weighted by atomic mass is 16.3. The molecule has 0 aliphatic carbocycles. The van der Waals surface area contributed by atoms with Crippen LogP contribution in [-0.4, -0.2) is 22.5 Å². The van der Waals surface area contributed by atoms with E-state index in [0.29, 0.717) is 18.7 Å². The molecule has 0 aliphatic rings. The van der Waals surface area contributed by atoms with Gasteiger partial charge in [-0.05, 0) is 23.8 Å². The summed E-state index contributed by atoms with van der Waals surface area (Å²) in [7, 11) is 0. The summed E-state index contributed by atoms with van der Waals surface area (Å²) >= 11 is 0. The number of carbonyl (C=O) groups is 1. The normalized spacial score (nSPS) is 9.57. The van der Waals surface area contributed by atoms with Crippen molar-refractivity contribution in [2.45, 2.75) is 6.54 Å². The minimum atomic E-state index is -0.287. The van der Waals surface area contributed by atoms with E-state index in [2.05, 4.69) is 22.1 Å². The lowest BCUT2D eigenvalue weighted by atomic mass is 10.1. The third kappa shape index (κ3) is 4.34. The Hall–Kier alpha value is -2.84. The highest BCUT2D eigenvalue weighted by molar-refractivity contribution is 5.94. The number of pyridine rings is 1. The van der Waals surface area contributed by atoms with Crippen LogP contribution >= 0.6 is 0 Å². The maximum absolute atomic E-state index is 11.9. The quantitative estimate of drug-likeness (QED) is 0.733. The van der Waals surface area contributed by atoms with Gasteiger partial charge in [-0.1, -0.05) is 24.0 Å².